The summed E-state index contributed by atoms with van der Waals surface area (Å²) in [6.45, 7) is 1.43. The number of carbonyl (C=O) groups excluding carboxylic acids is 2. The molecular formula is C15H13IN2O2. The Morgan fingerprint density at radius 2 is 1.65 bits per heavy atom. The first kappa shape index (κ1) is 14.5. The molecule has 2 aromatic rings. The number of rotatable bonds is 3. The van der Waals surface area contributed by atoms with E-state index in [4.69, 9.17) is 0 Å². The number of anilines is 2. The van der Waals surface area contributed by atoms with E-state index in [0.717, 1.165) is 9.26 Å². The first-order chi connectivity index (χ1) is 9.54. The van der Waals surface area contributed by atoms with Crippen LogP contribution in [0.5, 0.6) is 0 Å². The van der Waals surface area contributed by atoms with Gasteiger partial charge in [-0.3, -0.25) is 9.59 Å². The van der Waals surface area contributed by atoms with E-state index in [1.807, 2.05) is 24.3 Å². The van der Waals surface area contributed by atoms with Crippen molar-refractivity contribution in [3.63, 3.8) is 0 Å². The van der Waals surface area contributed by atoms with Crippen molar-refractivity contribution in [2.75, 3.05) is 10.6 Å². The molecule has 0 aromatic heterocycles. The van der Waals surface area contributed by atoms with Crippen LogP contribution in [-0.4, -0.2) is 11.8 Å². The zero-order valence-corrected chi connectivity index (χ0v) is 13.0. The van der Waals surface area contributed by atoms with Crippen molar-refractivity contribution >= 4 is 45.8 Å². The van der Waals surface area contributed by atoms with Gasteiger partial charge in [0.25, 0.3) is 5.91 Å². The van der Waals surface area contributed by atoms with Crippen LogP contribution in [0, 0.1) is 3.57 Å². The van der Waals surface area contributed by atoms with E-state index >= 15 is 0 Å². The third kappa shape index (κ3) is 4.06. The van der Waals surface area contributed by atoms with Crippen molar-refractivity contribution in [3.8, 4) is 0 Å². The van der Waals surface area contributed by atoms with Gasteiger partial charge in [0.15, 0.2) is 0 Å². The molecule has 0 saturated heterocycles. The Morgan fingerprint density at radius 3 is 2.30 bits per heavy atom. The summed E-state index contributed by atoms with van der Waals surface area (Å²) >= 11 is 2.20. The molecule has 0 aliphatic rings. The summed E-state index contributed by atoms with van der Waals surface area (Å²) in [6, 6.07) is 14.3. The van der Waals surface area contributed by atoms with Crippen molar-refractivity contribution in [2.24, 2.45) is 0 Å². The molecule has 0 spiro atoms. The minimum Gasteiger partial charge on any atom is -0.326 e. The van der Waals surface area contributed by atoms with Crippen molar-refractivity contribution in [1.82, 2.24) is 0 Å². The molecule has 0 unspecified atom stereocenters. The lowest BCUT2D eigenvalue weighted by Crippen LogP contribution is -2.13. The van der Waals surface area contributed by atoms with E-state index in [1.54, 1.807) is 24.3 Å². The lowest BCUT2D eigenvalue weighted by Gasteiger charge is -2.07. The quantitative estimate of drug-likeness (QED) is 0.801. The van der Waals surface area contributed by atoms with Crippen molar-refractivity contribution in [2.45, 2.75) is 6.92 Å². The molecule has 0 radical (unpaired) electrons. The maximum Gasteiger partial charge on any atom is 0.255 e. The minimum absolute atomic E-state index is 0.166. The van der Waals surface area contributed by atoms with E-state index in [-0.39, 0.29) is 11.8 Å². The molecule has 4 nitrogen and oxygen atoms in total. The van der Waals surface area contributed by atoms with Gasteiger partial charge in [0.2, 0.25) is 5.91 Å². The van der Waals surface area contributed by atoms with Crippen LogP contribution in [0.25, 0.3) is 0 Å². The second-order valence-corrected chi connectivity index (χ2v) is 5.47. The fourth-order valence-corrected chi connectivity index (χ4v) is 2.04. The van der Waals surface area contributed by atoms with E-state index in [0.29, 0.717) is 11.3 Å². The van der Waals surface area contributed by atoms with Crippen LogP contribution >= 0.6 is 22.6 Å². The maximum atomic E-state index is 12.1. The lowest BCUT2D eigenvalue weighted by atomic mass is 10.2. The molecule has 2 N–H and O–H groups in total. The first-order valence-corrected chi connectivity index (χ1v) is 7.07. The molecule has 2 amide bonds. The molecule has 20 heavy (non-hydrogen) atoms. The number of benzene rings is 2. The Labute approximate surface area is 130 Å². The molecule has 0 aliphatic heterocycles. The molecule has 0 atom stereocenters. The summed E-state index contributed by atoms with van der Waals surface area (Å²) in [5.74, 6) is -0.376. The Morgan fingerprint density at radius 1 is 0.950 bits per heavy atom. The van der Waals surface area contributed by atoms with Crippen molar-refractivity contribution in [3.05, 3.63) is 57.7 Å². The van der Waals surface area contributed by atoms with Crippen LogP contribution in [0.4, 0.5) is 11.4 Å². The Kier molecular flexibility index (Phi) is 4.73. The van der Waals surface area contributed by atoms with Crippen LogP contribution in [0.15, 0.2) is 48.5 Å². The summed E-state index contributed by atoms with van der Waals surface area (Å²) < 4.78 is 1.10. The predicted molar refractivity (Wildman–Crippen MR) is 87.9 cm³/mol. The molecule has 2 rings (SSSR count). The lowest BCUT2D eigenvalue weighted by molar-refractivity contribution is -0.114. The number of hydrogen-bond donors (Lipinski definition) is 2. The third-order valence-electron chi connectivity index (χ3n) is 2.55. The van der Waals surface area contributed by atoms with Crippen LogP contribution in [0.2, 0.25) is 0 Å². The summed E-state index contributed by atoms with van der Waals surface area (Å²) in [5.41, 5.74) is 1.84. The Bertz CT molecular complexity index is 639. The average molecular weight is 380 g/mol. The molecule has 0 aliphatic carbocycles. The van der Waals surface area contributed by atoms with Crippen LogP contribution < -0.4 is 10.6 Å². The summed E-state index contributed by atoms with van der Waals surface area (Å²) in [4.78, 5) is 23.1. The Balaban J connectivity index is 2.12. The Hall–Kier alpha value is -1.89. The highest BCUT2D eigenvalue weighted by molar-refractivity contribution is 14.1. The highest BCUT2D eigenvalue weighted by atomic mass is 127. The van der Waals surface area contributed by atoms with E-state index < -0.39 is 0 Å². The zero-order chi connectivity index (χ0) is 14.5. The fourth-order valence-electron chi connectivity index (χ4n) is 1.68. The molecule has 102 valence electrons. The minimum atomic E-state index is -0.210. The van der Waals surface area contributed by atoms with Gasteiger partial charge in [0.1, 0.15) is 0 Å². The second-order valence-electron chi connectivity index (χ2n) is 4.22. The molecule has 2 aromatic carbocycles. The molecule has 0 heterocycles. The van der Waals surface area contributed by atoms with Crippen molar-refractivity contribution < 1.29 is 9.59 Å². The van der Waals surface area contributed by atoms with Gasteiger partial charge in [-0.1, -0.05) is 6.07 Å². The SMILES string of the molecule is CC(=O)Nc1cccc(C(=O)Nc2ccc(I)cc2)c1. The number of nitrogens with one attached hydrogen (secondary N) is 2. The van der Waals surface area contributed by atoms with Gasteiger partial charge >= 0.3 is 0 Å². The molecule has 0 saturated carbocycles. The molecular weight excluding hydrogens is 367 g/mol. The summed E-state index contributed by atoms with van der Waals surface area (Å²) in [7, 11) is 0. The second kappa shape index (κ2) is 6.51. The fraction of sp³-hybridized carbons (Fsp3) is 0.0667. The smallest absolute Gasteiger partial charge is 0.255 e. The average Bonchev–Trinajstić information content (AvgIpc) is 2.41. The van der Waals surface area contributed by atoms with Crippen molar-refractivity contribution in [1.29, 1.82) is 0 Å². The van der Waals surface area contributed by atoms with Crippen LogP contribution in [0.1, 0.15) is 17.3 Å². The van der Waals surface area contributed by atoms with E-state index in [9.17, 15) is 9.59 Å². The number of carbonyl (C=O) groups is 2. The highest BCUT2D eigenvalue weighted by Gasteiger charge is 2.07. The number of amides is 2. The zero-order valence-electron chi connectivity index (χ0n) is 10.8. The predicted octanol–water partition coefficient (Wildman–Crippen LogP) is 3.50. The molecule has 0 bridgehead atoms. The van der Waals surface area contributed by atoms with Gasteiger partial charge in [-0.15, -0.1) is 0 Å². The largest absolute Gasteiger partial charge is 0.326 e. The normalized spacial score (nSPS) is 9.90. The standard InChI is InChI=1S/C15H13IN2O2/c1-10(19)17-14-4-2-3-11(9-14)15(20)18-13-7-5-12(16)6-8-13/h2-9H,1H3,(H,17,19)(H,18,20). The van der Waals surface area contributed by atoms with E-state index in [1.165, 1.54) is 6.92 Å². The monoisotopic (exact) mass is 380 g/mol. The number of halogens is 1. The maximum absolute atomic E-state index is 12.1. The van der Waals surface area contributed by atoms with Gasteiger partial charge in [-0.2, -0.15) is 0 Å². The van der Waals surface area contributed by atoms with Gasteiger partial charge < -0.3 is 10.6 Å². The molecule has 5 heteroatoms. The third-order valence-corrected chi connectivity index (χ3v) is 3.27. The van der Waals surface area contributed by atoms with Crippen LogP contribution in [-0.2, 0) is 4.79 Å². The topological polar surface area (TPSA) is 58.2 Å². The van der Waals surface area contributed by atoms with Gasteiger partial charge in [-0.05, 0) is 65.1 Å². The van der Waals surface area contributed by atoms with Gasteiger partial charge in [0, 0.05) is 27.4 Å². The van der Waals surface area contributed by atoms with E-state index in [2.05, 4.69) is 33.2 Å². The highest BCUT2D eigenvalue weighted by Crippen LogP contribution is 2.15. The van der Waals surface area contributed by atoms with Gasteiger partial charge in [-0.25, -0.2) is 0 Å². The molecule has 0 fully saturated rings. The summed E-state index contributed by atoms with van der Waals surface area (Å²) in [6.07, 6.45) is 0. The number of hydrogen-bond acceptors (Lipinski definition) is 2. The first-order valence-electron chi connectivity index (χ1n) is 5.99. The van der Waals surface area contributed by atoms with Crippen LogP contribution in [0.3, 0.4) is 0 Å². The van der Waals surface area contributed by atoms with Gasteiger partial charge in [0.05, 0.1) is 0 Å². The summed E-state index contributed by atoms with van der Waals surface area (Å²) in [5, 5.41) is 5.46.